The number of amides is 1. The second kappa shape index (κ2) is 9.49. The second-order valence-corrected chi connectivity index (χ2v) is 10.5. The van der Waals surface area contributed by atoms with Gasteiger partial charge in [0.2, 0.25) is 15.9 Å². The first-order valence-corrected chi connectivity index (χ1v) is 12.5. The van der Waals surface area contributed by atoms with Crippen molar-refractivity contribution >= 4 is 21.6 Å². The lowest BCUT2D eigenvalue weighted by Crippen LogP contribution is -2.41. The van der Waals surface area contributed by atoms with Crippen LogP contribution in [0.25, 0.3) is 0 Å². The van der Waals surface area contributed by atoms with Gasteiger partial charge in [-0.25, -0.2) is 12.8 Å². The van der Waals surface area contributed by atoms with Gasteiger partial charge in [-0.05, 0) is 73.6 Å². The third-order valence-electron chi connectivity index (χ3n) is 6.53. The van der Waals surface area contributed by atoms with Gasteiger partial charge >= 0.3 is 0 Å². The summed E-state index contributed by atoms with van der Waals surface area (Å²) in [6.45, 7) is 0.627. The fraction of sp³-hybridized carbons (Fsp3) is 0.458. The van der Waals surface area contributed by atoms with Crippen LogP contribution in [-0.2, 0) is 14.8 Å². The van der Waals surface area contributed by atoms with E-state index in [9.17, 15) is 17.6 Å². The summed E-state index contributed by atoms with van der Waals surface area (Å²) in [5.74, 6) is -0.227. The molecule has 1 amide bonds. The molecule has 0 spiro atoms. The maximum Gasteiger partial charge on any atom is 0.243 e. The molecule has 0 bridgehead atoms. The van der Waals surface area contributed by atoms with Crippen molar-refractivity contribution in [2.75, 3.05) is 18.4 Å². The van der Waals surface area contributed by atoms with Crippen LogP contribution in [0, 0.1) is 11.7 Å². The van der Waals surface area contributed by atoms with Gasteiger partial charge in [0.1, 0.15) is 5.82 Å². The highest BCUT2D eigenvalue weighted by Crippen LogP contribution is 2.33. The molecular weight excluding hydrogens is 415 g/mol. The van der Waals surface area contributed by atoms with Gasteiger partial charge in [0, 0.05) is 24.7 Å². The molecule has 0 atom stereocenters. The van der Waals surface area contributed by atoms with E-state index in [0.29, 0.717) is 42.4 Å². The fourth-order valence-electron chi connectivity index (χ4n) is 4.63. The van der Waals surface area contributed by atoms with E-state index in [0.717, 1.165) is 0 Å². The SMILES string of the molecule is O=C(Nc1ccc(F)cc1)C1CCN(S(=O)(=O)c2ccc(C3CCCCC3)cc2)CC1. The van der Waals surface area contributed by atoms with Crippen LogP contribution in [0.4, 0.5) is 10.1 Å². The first-order valence-electron chi connectivity index (χ1n) is 11.1. The predicted octanol–water partition coefficient (Wildman–Crippen LogP) is 4.91. The number of benzene rings is 2. The van der Waals surface area contributed by atoms with Crippen molar-refractivity contribution in [1.82, 2.24) is 4.31 Å². The first kappa shape index (κ1) is 22.0. The summed E-state index contributed by atoms with van der Waals surface area (Å²) in [6, 6.07) is 13.0. The minimum absolute atomic E-state index is 0.152. The van der Waals surface area contributed by atoms with Crippen molar-refractivity contribution in [2.45, 2.75) is 55.8 Å². The molecule has 0 unspecified atom stereocenters. The number of sulfonamides is 1. The first-order chi connectivity index (χ1) is 14.9. The van der Waals surface area contributed by atoms with Gasteiger partial charge in [-0.2, -0.15) is 4.31 Å². The molecule has 1 saturated heterocycles. The Morgan fingerprint density at radius 2 is 1.48 bits per heavy atom. The lowest BCUT2D eigenvalue weighted by molar-refractivity contribution is -0.120. The number of hydrogen-bond acceptors (Lipinski definition) is 3. The molecule has 1 N–H and O–H groups in total. The number of rotatable bonds is 5. The molecule has 0 radical (unpaired) electrons. The molecule has 1 saturated carbocycles. The summed E-state index contributed by atoms with van der Waals surface area (Å²) in [5, 5.41) is 2.79. The van der Waals surface area contributed by atoms with E-state index in [1.807, 2.05) is 12.1 Å². The molecule has 0 aromatic heterocycles. The summed E-state index contributed by atoms with van der Waals surface area (Å²) in [5.41, 5.74) is 1.77. The number of carbonyl (C=O) groups is 1. The molecule has 1 heterocycles. The number of nitrogens with zero attached hydrogens (tertiary/aromatic N) is 1. The maximum absolute atomic E-state index is 13.1. The van der Waals surface area contributed by atoms with E-state index < -0.39 is 10.0 Å². The van der Waals surface area contributed by atoms with E-state index in [-0.39, 0.29) is 17.6 Å². The van der Waals surface area contributed by atoms with Crippen LogP contribution in [0.1, 0.15) is 56.4 Å². The Bertz CT molecular complexity index is 992. The minimum Gasteiger partial charge on any atom is -0.326 e. The third-order valence-corrected chi connectivity index (χ3v) is 8.44. The molecule has 1 aliphatic heterocycles. The van der Waals surface area contributed by atoms with Gasteiger partial charge in [0.05, 0.1) is 4.90 Å². The van der Waals surface area contributed by atoms with E-state index >= 15 is 0 Å². The van der Waals surface area contributed by atoms with E-state index in [1.165, 1.54) is 66.2 Å². The Hall–Kier alpha value is -2.25. The van der Waals surface area contributed by atoms with Crippen LogP contribution < -0.4 is 5.32 Å². The molecule has 5 nitrogen and oxygen atoms in total. The van der Waals surface area contributed by atoms with Crippen molar-refractivity contribution in [3.8, 4) is 0 Å². The normalized spacial score (nSPS) is 19.3. The average Bonchev–Trinajstić information content (AvgIpc) is 2.81. The van der Waals surface area contributed by atoms with Crippen LogP contribution in [-0.4, -0.2) is 31.7 Å². The molecule has 166 valence electrons. The summed E-state index contributed by atoms with van der Waals surface area (Å²) < 4.78 is 40.6. The molecule has 1 aliphatic carbocycles. The number of carbonyl (C=O) groups excluding carboxylic acids is 1. The van der Waals surface area contributed by atoms with E-state index in [1.54, 1.807) is 12.1 Å². The monoisotopic (exact) mass is 444 g/mol. The fourth-order valence-corrected chi connectivity index (χ4v) is 6.10. The Balaban J connectivity index is 1.35. The number of halogens is 1. The zero-order chi connectivity index (χ0) is 21.8. The minimum atomic E-state index is -3.56. The van der Waals surface area contributed by atoms with Crippen molar-refractivity contribution in [2.24, 2.45) is 5.92 Å². The molecule has 2 aliphatic rings. The van der Waals surface area contributed by atoms with Gasteiger partial charge in [0.15, 0.2) is 0 Å². The van der Waals surface area contributed by atoms with Crippen molar-refractivity contribution in [3.63, 3.8) is 0 Å². The van der Waals surface area contributed by atoms with Crippen LogP contribution >= 0.6 is 0 Å². The van der Waals surface area contributed by atoms with Crippen LogP contribution in [0.5, 0.6) is 0 Å². The number of anilines is 1. The van der Waals surface area contributed by atoms with E-state index in [4.69, 9.17) is 0 Å². The Morgan fingerprint density at radius 3 is 2.10 bits per heavy atom. The molecule has 31 heavy (non-hydrogen) atoms. The highest BCUT2D eigenvalue weighted by atomic mass is 32.2. The molecule has 2 aromatic carbocycles. The van der Waals surface area contributed by atoms with Gasteiger partial charge < -0.3 is 5.32 Å². The summed E-state index contributed by atoms with van der Waals surface area (Å²) in [7, 11) is -3.56. The topological polar surface area (TPSA) is 66.5 Å². The number of piperidine rings is 1. The Kier molecular flexibility index (Phi) is 6.72. The van der Waals surface area contributed by atoms with Gasteiger partial charge in [0.25, 0.3) is 0 Å². The zero-order valence-corrected chi connectivity index (χ0v) is 18.4. The molecule has 7 heteroatoms. The van der Waals surface area contributed by atoms with Crippen molar-refractivity contribution in [3.05, 3.63) is 59.9 Å². The number of nitrogens with one attached hydrogen (secondary N) is 1. The molecular formula is C24H29FN2O3S. The molecule has 2 aromatic rings. The van der Waals surface area contributed by atoms with Crippen LogP contribution in [0.2, 0.25) is 0 Å². The van der Waals surface area contributed by atoms with Gasteiger partial charge in [-0.1, -0.05) is 31.4 Å². The van der Waals surface area contributed by atoms with Crippen LogP contribution in [0.15, 0.2) is 53.4 Å². The predicted molar refractivity (Wildman–Crippen MR) is 119 cm³/mol. The standard InChI is InChI=1S/C24H29FN2O3S/c25-21-8-10-22(11-9-21)26-24(28)20-14-16-27(17-15-20)31(29,30)23-12-6-19(7-13-23)18-4-2-1-3-5-18/h6-13,18,20H,1-5,14-17H2,(H,26,28). The lowest BCUT2D eigenvalue weighted by Gasteiger charge is -2.30. The zero-order valence-electron chi connectivity index (χ0n) is 17.6. The third kappa shape index (κ3) is 5.15. The average molecular weight is 445 g/mol. The largest absolute Gasteiger partial charge is 0.326 e. The molecule has 4 rings (SSSR count). The summed E-state index contributed by atoms with van der Waals surface area (Å²) in [6.07, 6.45) is 7.07. The highest BCUT2D eigenvalue weighted by Gasteiger charge is 2.32. The summed E-state index contributed by atoms with van der Waals surface area (Å²) in [4.78, 5) is 12.8. The van der Waals surface area contributed by atoms with Crippen LogP contribution in [0.3, 0.4) is 0 Å². The van der Waals surface area contributed by atoms with Gasteiger partial charge in [-0.15, -0.1) is 0 Å². The van der Waals surface area contributed by atoms with Crippen molar-refractivity contribution < 1.29 is 17.6 Å². The lowest BCUT2D eigenvalue weighted by atomic mass is 9.84. The Labute approximate surface area is 183 Å². The maximum atomic E-state index is 13.1. The second-order valence-electron chi connectivity index (χ2n) is 8.58. The Morgan fingerprint density at radius 1 is 0.871 bits per heavy atom. The van der Waals surface area contributed by atoms with Crippen molar-refractivity contribution in [1.29, 1.82) is 0 Å². The number of hydrogen-bond donors (Lipinski definition) is 1. The quantitative estimate of drug-likeness (QED) is 0.712. The van der Waals surface area contributed by atoms with Gasteiger partial charge in [-0.3, -0.25) is 4.79 Å². The highest BCUT2D eigenvalue weighted by molar-refractivity contribution is 7.89. The smallest absolute Gasteiger partial charge is 0.243 e. The summed E-state index contributed by atoms with van der Waals surface area (Å²) >= 11 is 0. The van der Waals surface area contributed by atoms with E-state index in [2.05, 4.69) is 5.32 Å². The molecule has 2 fully saturated rings.